The Labute approximate surface area is 121 Å². The number of rotatable bonds is 3. The first-order chi connectivity index (χ1) is 9.22. The minimum Gasteiger partial charge on any atom is -0.381 e. The van der Waals surface area contributed by atoms with Crippen LogP contribution in [0.2, 0.25) is 0 Å². The standard InChI is InChI=1S/C10H9BrF2N4O2S/c1-17-4-15-9(14)10(17)20(18,19)16-8-6(11)2-5(12)3-7(8)13/h2-4,16H,14H2,1H3. The Kier molecular flexibility index (Phi) is 3.69. The average Bonchev–Trinajstić information content (AvgIpc) is 2.64. The third-order valence-electron chi connectivity index (χ3n) is 2.41. The van der Waals surface area contributed by atoms with Gasteiger partial charge in [0.1, 0.15) is 5.82 Å². The summed E-state index contributed by atoms with van der Waals surface area (Å²) in [7, 11) is -2.73. The van der Waals surface area contributed by atoms with E-state index in [2.05, 4.69) is 20.9 Å². The lowest BCUT2D eigenvalue weighted by atomic mass is 10.3. The van der Waals surface area contributed by atoms with Crippen LogP contribution in [0.5, 0.6) is 0 Å². The third-order valence-corrected chi connectivity index (χ3v) is 4.51. The normalized spacial score (nSPS) is 11.6. The zero-order chi connectivity index (χ0) is 15.1. The highest BCUT2D eigenvalue weighted by Crippen LogP contribution is 2.29. The van der Waals surface area contributed by atoms with Gasteiger partial charge in [0.2, 0.25) is 0 Å². The van der Waals surface area contributed by atoms with Crippen LogP contribution in [0.4, 0.5) is 20.3 Å². The summed E-state index contributed by atoms with van der Waals surface area (Å²) in [6, 6.07) is 1.50. The van der Waals surface area contributed by atoms with E-state index in [0.717, 1.165) is 6.07 Å². The molecule has 0 aliphatic heterocycles. The van der Waals surface area contributed by atoms with E-state index in [9.17, 15) is 17.2 Å². The van der Waals surface area contributed by atoms with Crippen LogP contribution >= 0.6 is 15.9 Å². The van der Waals surface area contributed by atoms with Crippen molar-refractivity contribution in [2.45, 2.75) is 5.03 Å². The number of nitrogens with zero attached hydrogens (tertiary/aromatic N) is 2. The summed E-state index contributed by atoms with van der Waals surface area (Å²) in [4.78, 5) is 3.64. The van der Waals surface area contributed by atoms with E-state index in [1.54, 1.807) is 0 Å². The van der Waals surface area contributed by atoms with Gasteiger partial charge in [0.15, 0.2) is 16.7 Å². The molecule has 2 aromatic rings. The zero-order valence-electron chi connectivity index (χ0n) is 10.1. The molecule has 2 rings (SSSR count). The van der Waals surface area contributed by atoms with Gasteiger partial charge >= 0.3 is 0 Å². The fourth-order valence-electron chi connectivity index (χ4n) is 1.59. The Morgan fingerprint density at radius 2 is 2.05 bits per heavy atom. The Morgan fingerprint density at radius 1 is 1.40 bits per heavy atom. The van der Waals surface area contributed by atoms with E-state index in [-0.39, 0.29) is 15.3 Å². The van der Waals surface area contributed by atoms with Gasteiger partial charge in [0.05, 0.1) is 12.0 Å². The monoisotopic (exact) mass is 366 g/mol. The lowest BCUT2D eigenvalue weighted by Gasteiger charge is -2.11. The predicted molar refractivity (Wildman–Crippen MR) is 72.5 cm³/mol. The minimum absolute atomic E-state index is 0.0701. The SMILES string of the molecule is Cn1cnc(N)c1S(=O)(=O)Nc1c(F)cc(F)cc1Br. The van der Waals surface area contributed by atoms with Crippen molar-refractivity contribution in [3.63, 3.8) is 0 Å². The lowest BCUT2D eigenvalue weighted by molar-refractivity contribution is 0.579. The number of nitrogens with two attached hydrogens (primary N) is 1. The number of nitrogens with one attached hydrogen (secondary N) is 1. The molecule has 0 bridgehead atoms. The second-order valence-electron chi connectivity index (χ2n) is 3.90. The highest BCUT2D eigenvalue weighted by molar-refractivity contribution is 9.10. The molecule has 108 valence electrons. The molecule has 20 heavy (non-hydrogen) atoms. The predicted octanol–water partition coefficient (Wildman–Crippen LogP) is 1.84. The van der Waals surface area contributed by atoms with Crippen molar-refractivity contribution in [2.24, 2.45) is 7.05 Å². The topological polar surface area (TPSA) is 90.0 Å². The first-order valence-electron chi connectivity index (χ1n) is 5.16. The first-order valence-corrected chi connectivity index (χ1v) is 7.44. The highest BCUT2D eigenvalue weighted by Gasteiger charge is 2.25. The van der Waals surface area contributed by atoms with Gasteiger partial charge in [-0.2, -0.15) is 8.42 Å². The van der Waals surface area contributed by atoms with E-state index in [1.165, 1.54) is 17.9 Å². The molecule has 0 unspecified atom stereocenters. The van der Waals surface area contributed by atoms with Gasteiger partial charge in [0.25, 0.3) is 10.0 Å². The molecule has 0 radical (unpaired) electrons. The zero-order valence-corrected chi connectivity index (χ0v) is 12.5. The molecule has 0 saturated heterocycles. The summed E-state index contributed by atoms with van der Waals surface area (Å²) in [5.41, 5.74) is 5.05. The smallest absolute Gasteiger partial charge is 0.281 e. The molecule has 3 N–H and O–H groups in total. The molecule has 6 nitrogen and oxygen atoms in total. The number of aromatic nitrogens is 2. The number of imidazole rings is 1. The highest BCUT2D eigenvalue weighted by atomic mass is 79.9. The van der Waals surface area contributed by atoms with Crippen molar-refractivity contribution in [1.82, 2.24) is 9.55 Å². The maximum atomic E-state index is 13.6. The van der Waals surface area contributed by atoms with E-state index in [1.807, 2.05) is 4.72 Å². The average molecular weight is 367 g/mol. The Bertz CT molecular complexity index is 733. The molecular formula is C10H9BrF2N4O2S. The van der Waals surface area contributed by atoms with E-state index in [0.29, 0.717) is 6.07 Å². The Hall–Kier alpha value is -1.68. The molecule has 0 saturated carbocycles. The molecular weight excluding hydrogens is 358 g/mol. The number of aryl methyl sites for hydroxylation is 1. The van der Waals surface area contributed by atoms with Crippen LogP contribution in [-0.4, -0.2) is 18.0 Å². The number of benzene rings is 1. The van der Waals surface area contributed by atoms with Crippen LogP contribution < -0.4 is 10.5 Å². The van der Waals surface area contributed by atoms with Gasteiger partial charge in [0, 0.05) is 17.6 Å². The summed E-state index contributed by atoms with van der Waals surface area (Å²) >= 11 is 2.89. The summed E-state index contributed by atoms with van der Waals surface area (Å²) in [5, 5.41) is -0.312. The number of anilines is 2. The minimum atomic E-state index is -4.16. The molecule has 0 spiro atoms. The molecule has 1 heterocycles. The molecule has 10 heteroatoms. The van der Waals surface area contributed by atoms with Crippen LogP contribution in [0.15, 0.2) is 28.0 Å². The number of sulfonamides is 1. The van der Waals surface area contributed by atoms with Gasteiger partial charge in [-0.3, -0.25) is 4.72 Å². The van der Waals surface area contributed by atoms with Gasteiger partial charge in [-0.05, 0) is 22.0 Å². The van der Waals surface area contributed by atoms with Crippen molar-refractivity contribution in [3.8, 4) is 0 Å². The van der Waals surface area contributed by atoms with E-state index < -0.39 is 27.3 Å². The molecule has 0 aliphatic carbocycles. The molecule has 0 amide bonds. The van der Waals surface area contributed by atoms with Crippen molar-refractivity contribution in [2.75, 3.05) is 10.5 Å². The van der Waals surface area contributed by atoms with Crippen LogP contribution in [0.3, 0.4) is 0 Å². The quantitative estimate of drug-likeness (QED) is 0.867. The van der Waals surface area contributed by atoms with E-state index in [4.69, 9.17) is 5.73 Å². The largest absolute Gasteiger partial charge is 0.381 e. The van der Waals surface area contributed by atoms with Crippen LogP contribution in [0.25, 0.3) is 0 Å². The summed E-state index contributed by atoms with van der Waals surface area (Å²) in [6.45, 7) is 0. The van der Waals surface area contributed by atoms with Gasteiger partial charge in [-0.25, -0.2) is 13.8 Å². The maximum Gasteiger partial charge on any atom is 0.281 e. The Morgan fingerprint density at radius 3 is 2.55 bits per heavy atom. The van der Waals surface area contributed by atoms with Crippen LogP contribution in [-0.2, 0) is 17.1 Å². The number of hydrogen-bond acceptors (Lipinski definition) is 4. The van der Waals surface area contributed by atoms with Gasteiger partial charge < -0.3 is 10.3 Å². The summed E-state index contributed by atoms with van der Waals surface area (Å²) < 4.78 is 54.0. The van der Waals surface area contributed by atoms with Crippen molar-refractivity contribution in [1.29, 1.82) is 0 Å². The maximum absolute atomic E-state index is 13.6. The fourth-order valence-corrected chi connectivity index (χ4v) is 3.55. The summed E-state index contributed by atoms with van der Waals surface area (Å²) in [5.74, 6) is -2.11. The molecule has 1 aromatic heterocycles. The second-order valence-corrected chi connectivity index (χ2v) is 6.35. The van der Waals surface area contributed by atoms with Gasteiger partial charge in [-0.15, -0.1) is 0 Å². The van der Waals surface area contributed by atoms with Crippen molar-refractivity contribution >= 4 is 37.5 Å². The van der Waals surface area contributed by atoms with E-state index >= 15 is 0 Å². The summed E-state index contributed by atoms with van der Waals surface area (Å²) in [6.07, 6.45) is 1.21. The third kappa shape index (κ3) is 2.61. The van der Waals surface area contributed by atoms with Crippen LogP contribution in [0, 0.1) is 11.6 Å². The van der Waals surface area contributed by atoms with Crippen molar-refractivity contribution < 1.29 is 17.2 Å². The fraction of sp³-hybridized carbons (Fsp3) is 0.100. The van der Waals surface area contributed by atoms with Crippen LogP contribution in [0.1, 0.15) is 0 Å². The second kappa shape index (κ2) is 5.02. The molecule has 0 atom stereocenters. The number of nitrogen functional groups attached to an aromatic ring is 1. The first kappa shape index (κ1) is 14.7. The molecule has 0 fully saturated rings. The Balaban J connectivity index is 2.50. The molecule has 1 aromatic carbocycles. The van der Waals surface area contributed by atoms with Gasteiger partial charge in [-0.1, -0.05) is 0 Å². The molecule has 0 aliphatic rings. The van der Waals surface area contributed by atoms with Crippen molar-refractivity contribution in [3.05, 3.63) is 34.6 Å². The number of hydrogen-bond donors (Lipinski definition) is 2. The number of halogens is 3. The lowest BCUT2D eigenvalue weighted by Crippen LogP contribution is -2.18.